The highest BCUT2D eigenvalue weighted by molar-refractivity contribution is 7.80. The first kappa shape index (κ1) is 22.8. The van der Waals surface area contributed by atoms with Crippen molar-refractivity contribution in [2.75, 3.05) is 40.5 Å². The van der Waals surface area contributed by atoms with E-state index in [9.17, 15) is 4.79 Å². The molecule has 2 aliphatic heterocycles. The number of nitrogens with one attached hydrogen (secondary N) is 2. The Kier molecular flexibility index (Phi) is 7.49. The van der Waals surface area contributed by atoms with Gasteiger partial charge in [0.15, 0.2) is 16.6 Å². The predicted octanol–water partition coefficient (Wildman–Crippen LogP) is 2.58. The normalized spacial score (nSPS) is 20.4. The van der Waals surface area contributed by atoms with Crippen LogP contribution in [0.1, 0.15) is 31.2 Å². The minimum atomic E-state index is -0.149. The number of ether oxygens (including phenoxy) is 4. The second-order valence-corrected chi connectivity index (χ2v) is 8.64. The molecule has 9 heteroatoms. The van der Waals surface area contributed by atoms with Gasteiger partial charge in [-0.25, -0.2) is 0 Å². The Morgan fingerprint density at radius 1 is 1.12 bits per heavy atom. The van der Waals surface area contributed by atoms with Crippen LogP contribution in [0.2, 0.25) is 0 Å². The molecule has 2 fully saturated rings. The fourth-order valence-electron chi connectivity index (χ4n) is 4.27. The molecular formula is C23H31N3O5S. The van der Waals surface area contributed by atoms with Gasteiger partial charge in [0.1, 0.15) is 0 Å². The summed E-state index contributed by atoms with van der Waals surface area (Å²) < 4.78 is 22.3. The number of methoxy groups -OCH3 is 2. The number of hydrogen-bond donors (Lipinski definition) is 2. The summed E-state index contributed by atoms with van der Waals surface area (Å²) in [5.41, 5.74) is 1.18. The highest BCUT2D eigenvalue weighted by Gasteiger charge is 2.23. The SMILES string of the molecule is COc1cc2cc(CN(C[C@@H]3CCCO3)C(=S)NC[C@@H]3CCCO3)c(=O)[nH]c2cc1OC. The molecule has 2 aliphatic rings. The van der Waals surface area contributed by atoms with Gasteiger partial charge in [0.25, 0.3) is 5.56 Å². The number of hydrogen-bond acceptors (Lipinski definition) is 6. The molecule has 1 aromatic carbocycles. The molecule has 8 nitrogen and oxygen atoms in total. The van der Waals surface area contributed by atoms with Crippen molar-refractivity contribution in [3.8, 4) is 11.5 Å². The van der Waals surface area contributed by atoms with E-state index in [1.54, 1.807) is 20.3 Å². The van der Waals surface area contributed by atoms with Crippen molar-refractivity contribution in [1.29, 1.82) is 0 Å². The third-order valence-corrected chi connectivity index (χ3v) is 6.43. The van der Waals surface area contributed by atoms with Crippen molar-refractivity contribution in [1.82, 2.24) is 15.2 Å². The molecule has 0 bridgehead atoms. The topological polar surface area (TPSA) is 85.1 Å². The molecule has 0 spiro atoms. The van der Waals surface area contributed by atoms with E-state index in [1.165, 1.54) is 0 Å². The highest BCUT2D eigenvalue weighted by atomic mass is 32.1. The van der Waals surface area contributed by atoms with Crippen LogP contribution in [0.4, 0.5) is 0 Å². The highest BCUT2D eigenvalue weighted by Crippen LogP contribution is 2.31. The summed E-state index contributed by atoms with van der Waals surface area (Å²) in [6.07, 6.45) is 4.46. The summed E-state index contributed by atoms with van der Waals surface area (Å²) in [7, 11) is 3.17. The standard InChI is InChI=1S/C23H31N3O5S/c1-28-20-10-15-9-16(22(27)25-19(15)11-21(20)29-2)13-26(14-18-6-4-8-31-18)23(32)24-12-17-5-3-7-30-17/h9-11,17-18H,3-8,12-14H2,1-2H3,(H,24,32)(H,25,27)/t17-,18-/m0/s1. The quantitative estimate of drug-likeness (QED) is 0.581. The van der Waals surface area contributed by atoms with E-state index >= 15 is 0 Å². The molecule has 2 saturated heterocycles. The van der Waals surface area contributed by atoms with Crippen LogP contribution in [0.3, 0.4) is 0 Å². The third-order valence-electron chi connectivity index (χ3n) is 6.03. The van der Waals surface area contributed by atoms with Crippen LogP contribution >= 0.6 is 12.2 Å². The van der Waals surface area contributed by atoms with Crippen molar-refractivity contribution in [3.05, 3.63) is 34.1 Å². The largest absolute Gasteiger partial charge is 0.493 e. The maximum Gasteiger partial charge on any atom is 0.253 e. The molecular weight excluding hydrogens is 430 g/mol. The van der Waals surface area contributed by atoms with Gasteiger partial charge in [-0.3, -0.25) is 4.79 Å². The fourth-order valence-corrected chi connectivity index (χ4v) is 4.50. The summed E-state index contributed by atoms with van der Waals surface area (Å²) in [6, 6.07) is 5.53. The van der Waals surface area contributed by atoms with Crippen LogP contribution in [0.25, 0.3) is 10.9 Å². The molecule has 32 heavy (non-hydrogen) atoms. The maximum atomic E-state index is 12.9. The van der Waals surface area contributed by atoms with Gasteiger partial charge in [-0.05, 0) is 50.0 Å². The molecule has 1 aromatic heterocycles. The zero-order valence-electron chi connectivity index (χ0n) is 18.6. The molecule has 3 heterocycles. The average molecular weight is 462 g/mol. The molecule has 0 aliphatic carbocycles. The number of nitrogens with zero attached hydrogens (tertiary/aromatic N) is 1. The zero-order chi connectivity index (χ0) is 22.5. The van der Waals surface area contributed by atoms with Gasteiger partial charge in [-0.15, -0.1) is 0 Å². The third kappa shape index (κ3) is 5.33. The smallest absolute Gasteiger partial charge is 0.253 e. The van der Waals surface area contributed by atoms with E-state index in [-0.39, 0.29) is 17.8 Å². The maximum absolute atomic E-state index is 12.9. The molecule has 0 saturated carbocycles. The van der Waals surface area contributed by atoms with Crippen LogP contribution in [-0.4, -0.2) is 67.7 Å². The van der Waals surface area contributed by atoms with Crippen molar-refractivity contribution in [2.24, 2.45) is 0 Å². The lowest BCUT2D eigenvalue weighted by atomic mass is 10.1. The van der Waals surface area contributed by atoms with Crippen molar-refractivity contribution >= 4 is 28.2 Å². The predicted molar refractivity (Wildman–Crippen MR) is 127 cm³/mol. The van der Waals surface area contributed by atoms with Gasteiger partial charge in [-0.1, -0.05) is 0 Å². The number of benzene rings is 1. The summed E-state index contributed by atoms with van der Waals surface area (Å²) in [5.74, 6) is 1.19. The number of rotatable bonds is 8. The lowest BCUT2D eigenvalue weighted by Gasteiger charge is -2.28. The second-order valence-electron chi connectivity index (χ2n) is 8.25. The van der Waals surface area contributed by atoms with E-state index in [2.05, 4.69) is 10.3 Å². The van der Waals surface area contributed by atoms with Crippen LogP contribution in [-0.2, 0) is 16.0 Å². The van der Waals surface area contributed by atoms with E-state index in [0.717, 1.165) is 44.3 Å². The molecule has 2 aromatic rings. The summed E-state index contributed by atoms with van der Waals surface area (Å²) in [6.45, 7) is 3.27. The van der Waals surface area contributed by atoms with E-state index < -0.39 is 0 Å². The van der Waals surface area contributed by atoms with E-state index in [4.69, 9.17) is 31.2 Å². The van der Waals surface area contributed by atoms with Gasteiger partial charge in [0.2, 0.25) is 0 Å². The van der Waals surface area contributed by atoms with Gasteiger partial charge in [0.05, 0.1) is 38.5 Å². The minimum Gasteiger partial charge on any atom is -0.493 e. The van der Waals surface area contributed by atoms with E-state index in [0.29, 0.717) is 47.3 Å². The lowest BCUT2D eigenvalue weighted by molar-refractivity contribution is 0.0885. The molecule has 174 valence electrons. The first-order chi connectivity index (χ1) is 15.6. The molecule has 0 radical (unpaired) electrons. The van der Waals surface area contributed by atoms with Crippen molar-refractivity contribution in [3.63, 3.8) is 0 Å². The molecule has 2 N–H and O–H groups in total. The molecule has 0 unspecified atom stereocenters. The molecule has 2 atom stereocenters. The van der Waals surface area contributed by atoms with Gasteiger partial charge < -0.3 is 34.1 Å². The van der Waals surface area contributed by atoms with Crippen LogP contribution in [0.5, 0.6) is 11.5 Å². The Morgan fingerprint density at radius 3 is 2.47 bits per heavy atom. The Labute approximate surface area is 193 Å². The molecule has 0 amide bonds. The summed E-state index contributed by atoms with van der Waals surface area (Å²) in [5, 5.41) is 4.82. The van der Waals surface area contributed by atoms with Crippen LogP contribution in [0, 0.1) is 0 Å². The molecule has 4 rings (SSSR count). The summed E-state index contributed by atoms with van der Waals surface area (Å²) in [4.78, 5) is 17.9. The number of pyridine rings is 1. The number of aromatic nitrogens is 1. The lowest BCUT2D eigenvalue weighted by Crippen LogP contribution is -2.45. The van der Waals surface area contributed by atoms with Crippen molar-refractivity contribution in [2.45, 2.75) is 44.4 Å². The average Bonchev–Trinajstić information content (AvgIpc) is 3.51. The Hall–Kier alpha value is -2.36. The first-order valence-electron chi connectivity index (χ1n) is 11.1. The number of aromatic amines is 1. The second kappa shape index (κ2) is 10.5. The zero-order valence-corrected chi connectivity index (χ0v) is 19.5. The Bertz CT molecular complexity index is 999. The minimum absolute atomic E-state index is 0.112. The monoisotopic (exact) mass is 461 g/mol. The van der Waals surface area contributed by atoms with Gasteiger partial charge in [-0.2, -0.15) is 0 Å². The van der Waals surface area contributed by atoms with E-state index in [1.807, 2.05) is 17.0 Å². The number of thiocarbonyl (C=S) groups is 1. The Morgan fingerprint density at radius 2 is 1.81 bits per heavy atom. The van der Waals surface area contributed by atoms with Gasteiger partial charge in [0, 0.05) is 43.3 Å². The summed E-state index contributed by atoms with van der Waals surface area (Å²) >= 11 is 5.71. The van der Waals surface area contributed by atoms with Crippen LogP contribution in [0.15, 0.2) is 23.0 Å². The Balaban J connectivity index is 1.55. The van der Waals surface area contributed by atoms with Crippen molar-refractivity contribution < 1.29 is 18.9 Å². The fraction of sp³-hybridized carbons (Fsp3) is 0.565. The number of H-pyrrole nitrogens is 1. The first-order valence-corrected chi connectivity index (χ1v) is 11.5. The van der Waals surface area contributed by atoms with Crippen LogP contribution < -0.4 is 20.3 Å². The number of fused-ring (bicyclic) bond motifs is 1. The van der Waals surface area contributed by atoms with Gasteiger partial charge >= 0.3 is 0 Å².